The third-order valence-electron chi connectivity index (χ3n) is 28.9. The van der Waals surface area contributed by atoms with Gasteiger partial charge in [0.2, 0.25) is 23.6 Å². The van der Waals surface area contributed by atoms with E-state index in [2.05, 4.69) is 107 Å². The molecule has 7 aliphatic carbocycles. The first-order chi connectivity index (χ1) is 70.4. The molecule has 8 aromatic heterocycles. The summed E-state index contributed by atoms with van der Waals surface area (Å²) in [5.41, 5.74) is 1.09. The molecule has 35 heteroatoms. The van der Waals surface area contributed by atoms with E-state index in [-0.39, 0.29) is 125 Å². The molecule has 8 fully saturated rings. The van der Waals surface area contributed by atoms with Crippen molar-refractivity contribution in [1.29, 1.82) is 0 Å². The lowest BCUT2D eigenvalue weighted by Gasteiger charge is -2.39. The van der Waals surface area contributed by atoms with Crippen molar-refractivity contribution in [3.05, 3.63) is 117 Å². The number of aromatic carboxylic acids is 4. The Bertz CT molecular complexity index is 6190. The highest BCUT2D eigenvalue weighted by Gasteiger charge is 2.46. The highest BCUT2D eigenvalue weighted by Crippen LogP contribution is 2.49. The fourth-order valence-corrected chi connectivity index (χ4v) is 30.1. The van der Waals surface area contributed by atoms with Crippen LogP contribution in [0.3, 0.4) is 0 Å². The van der Waals surface area contributed by atoms with Crippen molar-refractivity contribution in [3.8, 4) is 47.4 Å². The summed E-state index contributed by atoms with van der Waals surface area (Å²) < 4.78 is 32.8. The molecule has 0 radical (unpaired) electrons. The number of anilines is 4. The van der Waals surface area contributed by atoms with Gasteiger partial charge in [0.1, 0.15) is 30.2 Å². The van der Waals surface area contributed by atoms with Crippen LogP contribution in [0, 0.1) is 123 Å². The van der Waals surface area contributed by atoms with Gasteiger partial charge in [0, 0.05) is 136 Å². The molecule has 9 heterocycles. The predicted octanol–water partition coefficient (Wildman–Crippen LogP) is 25.8. The quantitative estimate of drug-likeness (QED) is 0.0408. The van der Waals surface area contributed by atoms with Crippen LogP contribution in [0.1, 0.15) is 360 Å². The highest BCUT2D eigenvalue weighted by atomic mass is 32.2. The number of sulfonamides is 1. The lowest BCUT2D eigenvalue weighted by molar-refractivity contribution is -0.125. The maximum atomic E-state index is 14.1. The smallest absolute Gasteiger partial charge is 0.348 e. The van der Waals surface area contributed by atoms with E-state index < -0.39 is 39.9 Å². The van der Waals surface area contributed by atoms with E-state index in [4.69, 9.17) is 0 Å². The largest absolute Gasteiger partial charge is 0.477 e. The summed E-state index contributed by atoms with van der Waals surface area (Å²) in [7, 11) is 0.0666. The topological polar surface area (TPSA) is 342 Å². The maximum absolute atomic E-state index is 14.1. The number of imidazole rings is 1. The minimum Gasteiger partial charge on any atom is -0.477 e. The van der Waals surface area contributed by atoms with Gasteiger partial charge in [-0.25, -0.2) is 52.2 Å². The van der Waals surface area contributed by atoms with Crippen LogP contribution in [0.25, 0.3) is 0 Å². The molecule has 0 bridgehead atoms. The summed E-state index contributed by atoms with van der Waals surface area (Å²) in [6.07, 6.45) is 35.0. The van der Waals surface area contributed by atoms with E-state index in [0.29, 0.717) is 88.1 Å². The van der Waals surface area contributed by atoms with E-state index in [1.165, 1.54) is 55.5 Å². The van der Waals surface area contributed by atoms with E-state index >= 15 is 0 Å². The van der Waals surface area contributed by atoms with Crippen LogP contribution in [0.2, 0.25) is 0 Å². The van der Waals surface area contributed by atoms with E-state index in [1.807, 2.05) is 165 Å². The summed E-state index contributed by atoms with van der Waals surface area (Å²) in [4.78, 5) is 135. The number of rotatable bonds is 24. The molecule has 149 heavy (non-hydrogen) atoms. The van der Waals surface area contributed by atoms with Crippen LogP contribution in [-0.4, -0.2) is 168 Å². The second kappa shape index (κ2) is 51.8. The number of hydrogen-bond donors (Lipinski definition) is 4. The molecule has 0 aromatic carbocycles. The number of aromatic nitrogens is 7. The number of amides is 4. The van der Waals surface area contributed by atoms with Crippen molar-refractivity contribution >= 4 is 172 Å². The Balaban J connectivity index is 0.000000166. The molecular weight excluding hydrogens is 2050 g/mol. The van der Waals surface area contributed by atoms with Crippen molar-refractivity contribution in [2.24, 2.45) is 83.1 Å². The Hall–Kier alpha value is -9.11. The van der Waals surface area contributed by atoms with Crippen LogP contribution in [0.15, 0.2) is 93.3 Å². The number of thiophene rings is 4. The summed E-state index contributed by atoms with van der Waals surface area (Å²) in [5, 5.41) is 47.7. The van der Waals surface area contributed by atoms with Crippen LogP contribution < -0.4 is 19.6 Å². The van der Waals surface area contributed by atoms with Gasteiger partial charge in [-0.15, -0.1) is 56.7 Å². The van der Waals surface area contributed by atoms with Gasteiger partial charge in [0.15, 0.2) is 15.3 Å². The Labute approximate surface area is 914 Å². The van der Waals surface area contributed by atoms with Gasteiger partial charge in [-0.05, 0) is 336 Å². The van der Waals surface area contributed by atoms with E-state index in [9.17, 15) is 67.2 Å². The number of thioether (sulfide) groups is 3. The standard InChI is InChI=1S/C29H39N3O3S2.C29H38N2O3S3.C28H38N4O3S2.C28H35N3O5S2/c1-19-6-8-20(9-7-19)26(33)32(21-10-12-22(13-11-21)37-28-30-16-17-31(28)5)24-18-23(14-15-29(2,3)4)36-25(24)27(34)35;1-18-6-8-20(9-7-18)26(32)31(21-10-12-22(13-11-21)37-28-30-17-19(2)35-28)24-16-23(14-15-29(3,4)5)36-25(24)27(33)34;1-18-6-8-19(9-7-18)25(33)32(20-10-12-21(13-11-20)37-27-29-17-30-31(27)5)23-16-22(14-15-28(2,3)4)36-24(23)26(34)35;1-19-8-10-20(11-9-19)26(32)31(23-17-22(12-14-28(2,3)4)37-25(23)27(33)34)21-13-16-30(18-21)38(35,36)24-7-5-6-15-29-24/h16-22H,6-13H2,1-5H3,(H,34,35);16-18,20-22H,6-13H2,1-5H3,(H,33,34);16-21H,6-13H2,1-5H3,(H,34,35);5-7,15,17,19-21H,8-11,13,16,18H2,1-4H3,(H,33,34)/t;;;19?,20?,21-/m...0/s1. The van der Waals surface area contributed by atoms with Gasteiger partial charge in [-0.2, -0.15) is 9.40 Å². The molecule has 8 aliphatic rings. The number of nitrogens with zero attached hydrogens (tertiary/aromatic N) is 12. The fraction of sp³-hybridized carbons (Fsp3) is 0.605. The zero-order valence-corrected chi connectivity index (χ0v) is 97.3. The molecule has 16 rings (SSSR count). The Kier molecular flexibility index (Phi) is 40.6. The zero-order valence-electron chi connectivity index (χ0n) is 89.9. The number of thiazole rings is 1. The molecule has 0 spiro atoms. The molecule has 1 saturated heterocycles. The lowest BCUT2D eigenvalue weighted by Crippen LogP contribution is -2.46. The molecule has 1 atom stereocenters. The Morgan fingerprint density at radius 1 is 0.389 bits per heavy atom. The summed E-state index contributed by atoms with van der Waals surface area (Å²) in [6.45, 7) is 35.5. The molecule has 8 aromatic rings. The number of carboxylic acids is 4. The van der Waals surface area contributed by atoms with Gasteiger partial charge in [0.25, 0.3) is 10.0 Å². The van der Waals surface area contributed by atoms with Gasteiger partial charge in [0.05, 0.1) is 48.3 Å². The van der Waals surface area contributed by atoms with E-state index in [1.54, 1.807) is 69.0 Å². The number of aryl methyl sites for hydroxylation is 3. The van der Waals surface area contributed by atoms with Gasteiger partial charge in [-0.3, -0.25) is 19.2 Å². The van der Waals surface area contributed by atoms with Crippen LogP contribution in [0.5, 0.6) is 0 Å². The van der Waals surface area contributed by atoms with Crippen LogP contribution in [0.4, 0.5) is 22.7 Å². The Morgan fingerprint density at radius 2 is 0.711 bits per heavy atom. The van der Waals surface area contributed by atoms with Crippen LogP contribution >= 0.6 is 92.0 Å². The molecule has 26 nitrogen and oxygen atoms in total. The molecule has 1 aliphatic heterocycles. The number of carbonyl (C=O) groups excluding carboxylic acids is 4. The van der Waals surface area contributed by atoms with Gasteiger partial charge < -0.3 is 44.6 Å². The minimum atomic E-state index is -3.84. The van der Waals surface area contributed by atoms with E-state index in [0.717, 1.165) is 206 Å². The number of carbonyl (C=O) groups is 8. The number of hydrogen-bond acceptors (Lipinski definition) is 23. The highest BCUT2D eigenvalue weighted by molar-refractivity contribution is 8.01. The fourth-order valence-electron chi connectivity index (χ4n) is 20.6. The van der Waals surface area contributed by atoms with Crippen molar-refractivity contribution in [2.45, 2.75) is 364 Å². The number of pyridine rings is 1. The van der Waals surface area contributed by atoms with Gasteiger partial charge in [-0.1, -0.05) is 116 Å². The first-order valence-corrected chi connectivity index (χ1v) is 61.1. The van der Waals surface area contributed by atoms with Gasteiger partial charge >= 0.3 is 23.9 Å². The zero-order chi connectivity index (χ0) is 108. The first kappa shape index (κ1) is 117. The minimum absolute atomic E-state index is 0.00111. The number of carboxylic acid groups (broad SMARTS) is 4. The molecule has 7 saturated carbocycles. The first-order valence-electron chi connectivity index (χ1n) is 53.0. The Morgan fingerprint density at radius 3 is 0.987 bits per heavy atom. The third-order valence-corrected chi connectivity index (χ3v) is 40.0. The molecule has 0 unspecified atom stereocenters. The lowest BCUT2D eigenvalue weighted by atomic mass is 9.81. The van der Waals surface area contributed by atoms with Crippen molar-refractivity contribution in [2.75, 3.05) is 32.7 Å². The molecule has 4 N–H and O–H groups in total. The van der Waals surface area contributed by atoms with Crippen LogP contribution in [-0.2, 0) is 43.3 Å². The molecular formula is C114H150N12O14S9. The molecule has 804 valence electrons. The summed E-state index contributed by atoms with van der Waals surface area (Å²) >= 11 is 11.7. The third kappa shape index (κ3) is 32.5. The summed E-state index contributed by atoms with van der Waals surface area (Å²) in [6, 6.07) is 11.5. The average Bonchev–Trinajstić information content (AvgIpc) is 1.59. The average molecular weight is 2200 g/mol. The maximum Gasteiger partial charge on any atom is 0.348 e. The SMILES string of the molecule is CC1CCC(C(=O)N(c2cc(C#CC(C)(C)C)sc2C(=O)O)C2CCC(Sc3nccn3C)CC2)CC1.CC1CCC(C(=O)N(c2cc(C#CC(C)(C)C)sc2C(=O)O)C2CCC(Sc3ncnn3C)CC2)CC1.CC1CCC(C(=O)N(c2cc(C#CC(C)(C)C)sc2C(=O)O)[C@H]2CCN(S(=O)(=O)c3ccccn3)C2)CC1.Cc1cnc(SC2CCC(N(C(=O)C3CCC(C)CC3)c3cc(C#CC(C)(C)C)sc3C(=O)O)CC2)s1. The monoisotopic (exact) mass is 2200 g/mol. The second-order valence-electron chi connectivity index (χ2n) is 46.0. The van der Waals surface area contributed by atoms with Crippen molar-refractivity contribution < 1.29 is 67.2 Å². The van der Waals surface area contributed by atoms with Crippen molar-refractivity contribution in [1.82, 2.24) is 38.6 Å². The van der Waals surface area contributed by atoms with Crippen molar-refractivity contribution in [3.63, 3.8) is 0 Å². The normalized spacial score (nSPS) is 23.8. The second-order valence-corrected chi connectivity index (χ2v) is 57.4. The summed E-state index contributed by atoms with van der Waals surface area (Å²) in [5.74, 6) is 23.6. The molecule has 4 amide bonds. The predicted molar refractivity (Wildman–Crippen MR) is 603 cm³/mol.